The maximum Gasteiger partial charge on any atom is 0.303 e. The fraction of sp³-hybridized carbons (Fsp3) is 0.467. The minimum atomic E-state index is -1.13. The highest BCUT2D eigenvalue weighted by atomic mass is 19.1. The third-order valence-electron chi connectivity index (χ3n) is 7.69. The van der Waals surface area contributed by atoms with Gasteiger partial charge in [-0.3, -0.25) is 9.78 Å². The molecule has 3 aromatic rings. The minimum Gasteiger partial charge on any atom is -0.497 e. The molecule has 1 N–H and O–H groups in total. The summed E-state index contributed by atoms with van der Waals surface area (Å²) < 4.78 is 34.8. The van der Waals surface area contributed by atoms with E-state index in [2.05, 4.69) is 9.88 Å². The first-order chi connectivity index (χ1) is 17.9. The maximum atomic E-state index is 15.5. The minimum absolute atomic E-state index is 0.123. The maximum absolute atomic E-state index is 15.5. The summed E-state index contributed by atoms with van der Waals surface area (Å²) in [4.78, 5) is 18.0. The molecule has 1 aliphatic rings. The monoisotopic (exact) mass is 510 g/mol. The number of aryl methyl sites for hydroxylation is 1. The van der Waals surface area contributed by atoms with E-state index in [-0.39, 0.29) is 24.1 Å². The van der Waals surface area contributed by atoms with Crippen molar-refractivity contribution in [2.45, 2.75) is 51.1 Å². The molecule has 1 aliphatic heterocycles. The Balaban J connectivity index is 1.35. The summed E-state index contributed by atoms with van der Waals surface area (Å²) in [6, 6.07) is 14.1. The lowest BCUT2D eigenvalue weighted by Crippen LogP contribution is -2.41. The highest BCUT2D eigenvalue weighted by Crippen LogP contribution is 2.36. The Morgan fingerprint density at radius 3 is 2.81 bits per heavy atom. The Hall–Kier alpha value is -3.06. The van der Waals surface area contributed by atoms with E-state index in [1.54, 1.807) is 25.4 Å². The van der Waals surface area contributed by atoms with Gasteiger partial charge in [-0.15, -0.1) is 0 Å². The fourth-order valence-electron chi connectivity index (χ4n) is 5.63. The number of pyridine rings is 1. The van der Waals surface area contributed by atoms with Crippen LogP contribution < -0.4 is 4.74 Å². The van der Waals surface area contributed by atoms with Crippen molar-refractivity contribution in [2.75, 3.05) is 26.7 Å². The molecule has 198 valence electrons. The molecule has 2 aromatic carbocycles. The van der Waals surface area contributed by atoms with Crippen molar-refractivity contribution in [3.05, 3.63) is 71.7 Å². The number of piperidine rings is 1. The SMILES string of the molecule is COc1ccc2nccc(C(F)CC[C@@H]3CCN(CCCc4ccccc4F)C[C@@H]3CCC(=O)O)c2c1. The van der Waals surface area contributed by atoms with Crippen LogP contribution in [0.5, 0.6) is 5.75 Å². The van der Waals surface area contributed by atoms with E-state index >= 15 is 4.39 Å². The van der Waals surface area contributed by atoms with E-state index in [4.69, 9.17) is 4.74 Å². The van der Waals surface area contributed by atoms with E-state index in [0.29, 0.717) is 37.0 Å². The van der Waals surface area contributed by atoms with Crippen LogP contribution in [-0.4, -0.2) is 47.7 Å². The van der Waals surface area contributed by atoms with E-state index in [9.17, 15) is 14.3 Å². The number of fused-ring (bicyclic) bond motifs is 1. The number of methoxy groups -OCH3 is 1. The van der Waals surface area contributed by atoms with Crippen molar-refractivity contribution in [3.8, 4) is 5.75 Å². The molecule has 7 heteroatoms. The highest BCUT2D eigenvalue weighted by Gasteiger charge is 2.30. The summed E-state index contributed by atoms with van der Waals surface area (Å²) in [5, 5.41) is 10.0. The Labute approximate surface area is 217 Å². The number of aliphatic carboxylic acids is 1. The van der Waals surface area contributed by atoms with Gasteiger partial charge in [-0.25, -0.2) is 8.78 Å². The Morgan fingerprint density at radius 2 is 2.03 bits per heavy atom. The molecule has 5 nitrogen and oxygen atoms in total. The number of hydrogen-bond donors (Lipinski definition) is 1. The van der Waals surface area contributed by atoms with Gasteiger partial charge >= 0.3 is 5.97 Å². The first-order valence-corrected chi connectivity index (χ1v) is 13.2. The van der Waals surface area contributed by atoms with Gasteiger partial charge in [0.25, 0.3) is 0 Å². The van der Waals surface area contributed by atoms with Crippen molar-refractivity contribution >= 4 is 16.9 Å². The molecule has 1 fully saturated rings. The molecule has 2 heterocycles. The van der Waals surface area contributed by atoms with E-state index in [1.165, 1.54) is 6.07 Å². The molecule has 1 saturated heterocycles. The molecule has 4 rings (SSSR count). The summed E-state index contributed by atoms with van der Waals surface area (Å²) in [6.45, 7) is 2.56. The Morgan fingerprint density at radius 1 is 1.19 bits per heavy atom. The van der Waals surface area contributed by atoms with Gasteiger partial charge in [0.2, 0.25) is 0 Å². The van der Waals surface area contributed by atoms with Crippen molar-refractivity contribution in [3.63, 3.8) is 0 Å². The molecule has 0 amide bonds. The fourth-order valence-corrected chi connectivity index (χ4v) is 5.63. The van der Waals surface area contributed by atoms with Gasteiger partial charge in [-0.05, 0) is 105 Å². The zero-order valence-corrected chi connectivity index (χ0v) is 21.4. The number of likely N-dealkylation sites (tertiary alicyclic amines) is 1. The Kier molecular flexibility index (Phi) is 9.45. The average molecular weight is 511 g/mol. The molecule has 0 aliphatic carbocycles. The number of rotatable bonds is 12. The number of carboxylic acids is 1. The zero-order valence-electron chi connectivity index (χ0n) is 21.4. The van der Waals surface area contributed by atoms with Gasteiger partial charge in [-0.1, -0.05) is 18.2 Å². The number of alkyl halides is 1. The number of nitrogens with zero attached hydrogens (tertiary/aromatic N) is 2. The summed E-state index contributed by atoms with van der Waals surface area (Å²) >= 11 is 0. The topological polar surface area (TPSA) is 62.7 Å². The van der Waals surface area contributed by atoms with Crippen LogP contribution in [0.25, 0.3) is 10.9 Å². The molecule has 37 heavy (non-hydrogen) atoms. The third kappa shape index (κ3) is 7.25. The number of hydrogen-bond acceptors (Lipinski definition) is 4. The molecule has 0 bridgehead atoms. The second-order valence-electron chi connectivity index (χ2n) is 10.1. The molecule has 0 saturated carbocycles. The zero-order chi connectivity index (χ0) is 26.2. The molecular weight excluding hydrogens is 474 g/mol. The van der Waals surface area contributed by atoms with E-state index in [0.717, 1.165) is 48.9 Å². The van der Waals surface area contributed by atoms with Gasteiger partial charge < -0.3 is 14.7 Å². The van der Waals surface area contributed by atoms with Gasteiger partial charge in [0, 0.05) is 24.5 Å². The van der Waals surface area contributed by atoms with Crippen LogP contribution in [-0.2, 0) is 11.2 Å². The first kappa shape index (κ1) is 27.0. The summed E-state index contributed by atoms with van der Waals surface area (Å²) in [5.41, 5.74) is 2.09. The number of halogens is 2. The first-order valence-electron chi connectivity index (χ1n) is 13.2. The van der Waals surface area contributed by atoms with Crippen LogP contribution in [0.1, 0.15) is 55.8 Å². The van der Waals surface area contributed by atoms with Gasteiger partial charge in [-0.2, -0.15) is 0 Å². The molecular formula is C30H36F2N2O3. The smallest absolute Gasteiger partial charge is 0.303 e. The van der Waals surface area contributed by atoms with Gasteiger partial charge in [0.05, 0.1) is 12.6 Å². The van der Waals surface area contributed by atoms with Gasteiger partial charge in [0.1, 0.15) is 17.7 Å². The van der Waals surface area contributed by atoms with Crippen molar-refractivity contribution < 1.29 is 23.4 Å². The lowest BCUT2D eigenvalue weighted by Gasteiger charge is -2.39. The molecule has 0 spiro atoms. The summed E-state index contributed by atoms with van der Waals surface area (Å²) in [7, 11) is 1.59. The lowest BCUT2D eigenvalue weighted by atomic mass is 9.79. The highest BCUT2D eigenvalue weighted by molar-refractivity contribution is 5.83. The lowest BCUT2D eigenvalue weighted by molar-refractivity contribution is -0.137. The molecule has 1 aromatic heterocycles. The van der Waals surface area contributed by atoms with Gasteiger partial charge in [0.15, 0.2) is 0 Å². The molecule has 1 unspecified atom stereocenters. The van der Waals surface area contributed by atoms with E-state index < -0.39 is 12.1 Å². The predicted molar refractivity (Wildman–Crippen MR) is 141 cm³/mol. The van der Waals surface area contributed by atoms with Crippen molar-refractivity contribution in [2.24, 2.45) is 11.8 Å². The summed E-state index contributed by atoms with van der Waals surface area (Å²) in [5.74, 6) is 0.200. The van der Waals surface area contributed by atoms with Crippen LogP contribution in [0.15, 0.2) is 54.7 Å². The largest absolute Gasteiger partial charge is 0.497 e. The number of ether oxygens (including phenoxy) is 1. The number of aromatic nitrogens is 1. The third-order valence-corrected chi connectivity index (χ3v) is 7.69. The average Bonchev–Trinajstić information content (AvgIpc) is 2.91. The molecule has 3 atom stereocenters. The normalized spacial score (nSPS) is 19.1. The Bertz CT molecular complexity index is 1190. The van der Waals surface area contributed by atoms with Crippen molar-refractivity contribution in [1.82, 2.24) is 9.88 Å². The predicted octanol–water partition coefficient (Wildman–Crippen LogP) is 6.61. The second kappa shape index (κ2) is 13.0. The van der Waals surface area contributed by atoms with Crippen LogP contribution in [0.3, 0.4) is 0 Å². The number of benzene rings is 2. The van der Waals surface area contributed by atoms with Crippen LogP contribution >= 0.6 is 0 Å². The standard InChI is InChI=1S/C30H36F2N2O3/c1-37-24-10-12-29-26(19-24)25(14-16-33-29)28(32)11-8-21-15-18-34(20-23(21)9-13-30(35)36)17-4-6-22-5-2-3-7-27(22)31/h2-3,5,7,10,12,14,16,19,21,23,28H,4,6,8-9,11,13,15,17-18,20H2,1H3,(H,35,36)/t21-,23+,28?/m1/s1. The quantitative estimate of drug-likeness (QED) is 0.297. The summed E-state index contributed by atoms with van der Waals surface area (Å²) in [6.07, 6.45) is 4.78. The van der Waals surface area contributed by atoms with Crippen LogP contribution in [0.4, 0.5) is 8.78 Å². The van der Waals surface area contributed by atoms with Crippen LogP contribution in [0.2, 0.25) is 0 Å². The number of carbonyl (C=O) groups is 1. The van der Waals surface area contributed by atoms with Crippen LogP contribution in [0, 0.1) is 17.7 Å². The van der Waals surface area contributed by atoms with E-state index in [1.807, 2.05) is 30.3 Å². The second-order valence-corrected chi connectivity index (χ2v) is 10.1. The van der Waals surface area contributed by atoms with Crippen molar-refractivity contribution in [1.29, 1.82) is 0 Å². The molecule has 0 radical (unpaired) electrons. The number of carboxylic acid groups (broad SMARTS) is 1.